The van der Waals surface area contributed by atoms with E-state index in [-0.39, 0.29) is 29.3 Å². The fraction of sp³-hybridized carbons (Fsp3) is 0.154. The molecular weight excluding hydrogens is 278 g/mol. The number of phenolic OH excluding ortho intramolecular Hbond substituents is 2. The molecule has 4 N–H and O–H groups in total. The van der Waals surface area contributed by atoms with Crippen LogP contribution in [0.25, 0.3) is 0 Å². The molecule has 0 unspecified atom stereocenters. The Hall–Kier alpha value is -3.03. The molecule has 8 heteroatoms. The van der Waals surface area contributed by atoms with Crippen molar-refractivity contribution in [3.8, 4) is 11.5 Å². The van der Waals surface area contributed by atoms with Crippen LogP contribution < -0.4 is 5.32 Å². The van der Waals surface area contributed by atoms with E-state index in [9.17, 15) is 19.8 Å². The van der Waals surface area contributed by atoms with Gasteiger partial charge in [0.05, 0.1) is 6.33 Å². The SMILES string of the molecule is O=C(O)c1cn(CCNC(=O)c2c(O)cccc2O)cn1. The number of hydrogen-bond acceptors (Lipinski definition) is 5. The largest absolute Gasteiger partial charge is 0.507 e. The number of aromatic nitrogens is 2. The van der Waals surface area contributed by atoms with Crippen LogP contribution in [0.2, 0.25) is 0 Å². The first kappa shape index (κ1) is 14.4. The number of hydrogen-bond donors (Lipinski definition) is 4. The molecule has 1 heterocycles. The summed E-state index contributed by atoms with van der Waals surface area (Å²) in [5, 5.41) is 30.3. The summed E-state index contributed by atoms with van der Waals surface area (Å²) in [6, 6.07) is 4.01. The van der Waals surface area contributed by atoms with Gasteiger partial charge in [0, 0.05) is 19.3 Å². The molecule has 1 amide bonds. The average Bonchev–Trinajstić information content (AvgIpc) is 2.87. The van der Waals surface area contributed by atoms with Gasteiger partial charge in [-0.25, -0.2) is 9.78 Å². The number of phenols is 2. The zero-order chi connectivity index (χ0) is 15.4. The van der Waals surface area contributed by atoms with E-state index in [0.717, 1.165) is 0 Å². The third kappa shape index (κ3) is 3.30. The topological polar surface area (TPSA) is 125 Å². The fourth-order valence-electron chi connectivity index (χ4n) is 1.74. The smallest absolute Gasteiger partial charge is 0.356 e. The second-order valence-electron chi connectivity index (χ2n) is 4.23. The summed E-state index contributed by atoms with van der Waals surface area (Å²) >= 11 is 0. The van der Waals surface area contributed by atoms with E-state index >= 15 is 0 Å². The molecule has 110 valence electrons. The van der Waals surface area contributed by atoms with Crippen LogP contribution in [0.5, 0.6) is 11.5 Å². The Balaban J connectivity index is 1.94. The predicted octanol–water partition coefficient (Wildman–Crippen LogP) is 0.422. The molecule has 0 atom stereocenters. The van der Waals surface area contributed by atoms with E-state index < -0.39 is 11.9 Å². The first-order valence-corrected chi connectivity index (χ1v) is 6.03. The summed E-state index contributed by atoms with van der Waals surface area (Å²) in [5.41, 5.74) is -0.283. The number of benzene rings is 1. The highest BCUT2D eigenvalue weighted by Crippen LogP contribution is 2.25. The lowest BCUT2D eigenvalue weighted by atomic mass is 10.1. The van der Waals surface area contributed by atoms with Crippen molar-refractivity contribution in [2.45, 2.75) is 6.54 Å². The fourth-order valence-corrected chi connectivity index (χ4v) is 1.74. The lowest BCUT2D eigenvalue weighted by molar-refractivity contribution is 0.0690. The maximum Gasteiger partial charge on any atom is 0.356 e. The minimum atomic E-state index is -1.13. The summed E-state index contributed by atoms with van der Waals surface area (Å²) in [7, 11) is 0. The van der Waals surface area contributed by atoms with E-state index in [2.05, 4.69) is 10.3 Å². The maximum absolute atomic E-state index is 11.8. The lowest BCUT2D eigenvalue weighted by Gasteiger charge is -2.08. The highest BCUT2D eigenvalue weighted by atomic mass is 16.4. The van der Waals surface area contributed by atoms with Gasteiger partial charge in [-0.1, -0.05) is 6.07 Å². The Kier molecular flexibility index (Phi) is 4.07. The Morgan fingerprint density at radius 1 is 1.24 bits per heavy atom. The number of nitrogens with one attached hydrogen (secondary N) is 1. The van der Waals surface area contributed by atoms with Gasteiger partial charge in [-0.05, 0) is 12.1 Å². The van der Waals surface area contributed by atoms with Gasteiger partial charge in [0.15, 0.2) is 5.69 Å². The molecule has 0 aliphatic carbocycles. The molecule has 2 aromatic rings. The summed E-state index contributed by atoms with van der Waals surface area (Å²) in [6.45, 7) is 0.488. The van der Waals surface area contributed by atoms with Crippen molar-refractivity contribution in [3.63, 3.8) is 0 Å². The molecule has 0 spiro atoms. The molecule has 1 aromatic heterocycles. The van der Waals surface area contributed by atoms with Crippen molar-refractivity contribution in [2.24, 2.45) is 0 Å². The molecule has 1 aromatic carbocycles. The normalized spacial score (nSPS) is 10.3. The standard InChI is InChI=1S/C13H13N3O5/c17-9-2-1-3-10(18)11(9)12(19)14-4-5-16-6-8(13(20)21)15-7-16/h1-3,6-7,17-18H,4-5H2,(H,14,19)(H,20,21). The quantitative estimate of drug-likeness (QED) is 0.633. The third-order valence-corrected chi connectivity index (χ3v) is 2.76. The molecule has 2 rings (SSSR count). The van der Waals surface area contributed by atoms with E-state index in [1.54, 1.807) is 0 Å². The second kappa shape index (κ2) is 5.95. The molecule has 8 nitrogen and oxygen atoms in total. The number of carbonyl (C=O) groups excluding carboxylic acids is 1. The van der Waals surface area contributed by atoms with Gasteiger partial charge in [0.1, 0.15) is 17.1 Å². The van der Waals surface area contributed by atoms with Gasteiger partial charge in [0.2, 0.25) is 0 Å². The van der Waals surface area contributed by atoms with E-state index in [1.807, 2.05) is 0 Å². The van der Waals surface area contributed by atoms with Crippen LogP contribution in [0.1, 0.15) is 20.8 Å². The molecular formula is C13H13N3O5. The highest BCUT2D eigenvalue weighted by Gasteiger charge is 2.15. The molecule has 21 heavy (non-hydrogen) atoms. The first-order chi connectivity index (χ1) is 9.99. The average molecular weight is 291 g/mol. The van der Waals surface area contributed by atoms with Crippen LogP contribution in [0, 0.1) is 0 Å². The highest BCUT2D eigenvalue weighted by molar-refractivity contribution is 5.99. The summed E-state index contributed by atoms with van der Waals surface area (Å²) in [4.78, 5) is 26.2. The van der Waals surface area contributed by atoms with Gasteiger partial charge in [-0.15, -0.1) is 0 Å². The Labute approximate surface area is 119 Å². The van der Waals surface area contributed by atoms with Crippen molar-refractivity contribution < 1.29 is 24.9 Å². The first-order valence-electron chi connectivity index (χ1n) is 6.03. The number of carboxylic acid groups (broad SMARTS) is 1. The van der Waals surface area contributed by atoms with Crippen molar-refractivity contribution in [2.75, 3.05) is 6.54 Å². The number of carboxylic acids is 1. The number of amides is 1. The van der Waals surface area contributed by atoms with Crippen molar-refractivity contribution in [1.82, 2.24) is 14.9 Å². The monoisotopic (exact) mass is 291 g/mol. The third-order valence-electron chi connectivity index (χ3n) is 2.76. The maximum atomic E-state index is 11.8. The van der Waals surface area contributed by atoms with Crippen LogP contribution in [0.3, 0.4) is 0 Å². The van der Waals surface area contributed by atoms with E-state index in [0.29, 0.717) is 6.54 Å². The van der Waals surface area contributed by atoms with Crippen LogP contribution >= 0.6 is 0 Å². The number of rotatable bonds is 5. The van der Waals surface area contributed by atoms with Gasteiger partial charge in [-0.2, -0.15) is 0 Å². The van der Waals surface area contributed by atoms with Crippen LogP contribution in [0.4, 0.5) is 0 Å². The van der Waals surface area contributed by atoms with Gasteiger partial charge in [-0.3, -0.25) is 4.79 Å². The Morgan fingerprint density at radius 2 is 1.90 bits per heavy atom. The number of carbonyl (C=O) groups is 2. The number of aromatic hydroxyl groups is 2. The van der Waals surface area contributed by atoms with E-state index in [4.69, 9.17) is 5.11 Å². The predicted molar refractivity (Wildman–Crippen MR) is 71.3 cm³/mol. The van der Waals surface area contributed by atoms with Gasteiger partial charge in [0.25, 0.3) is 5.91 Å². The van der Waals surface area contributed by atoms with Crippen molar-refractivity contribution >= 4 is 11.9 Å². The Bertz CT molecular complexity index is 660. The van der Waals surface area contributed by atoms with Gasteiger partial charge < -0.3 is 25.2 Å². The molecule has 0 aliphatic heterocycles. The summed E-state index contributed by atoms with van der Waals surface area (Å²) < 4.78 is 1.51. The minimum Gasteiger partial charge on any atom is -0.507 e. The molecule has 0 fully saturated rings. The molecule has 0 radical (unpaired) electrons. The molecule has 0 bridgehead atoms. The van der Waals surface area contributed by atoms with Crippen molar-refractivity contribution in [3.05, 3.63) is 42.0 Å². The van der Waals surface area contributed by atoms with Crippen LogP contribution in [-0.2, 0) is 6.54 Å². The van der Waals surface area contributed by atoms with E-state index in [1.165, 1.54) is 35.3 Å². The number of aromatic carboxylic acids is 1. The molecule has 0 saturated heterocycles. The summed E-state index contributed by atoms with van der Waals surface area (Å²) in [5.74, 6) is -2.38. The molecule has 0 aliphatic rings. The summed E-state index contributed by atoms with van der Waals surface area (Å²) in [6.07, 6.45) is 2.68. The number of nitrogens with zero attached hydrogens (tertiary/aromatic N) is 2. The zero-order valence-electron chi connectivity index (χ0n) is 10.9. The second-order valence-corrected chi connectivity index (χ2v) is 4.23. The zero-order valence-corrected chi connectivity index (χ0v) is 10.9. The van der Waals surface area contributed by atoms with Crippen LogP contribution in [-0.4, -0.2) is 43.3 Å². The Morgan fingerprint density at radius 3 is 2.48 bits per heavy atom. The van der Waals surface area contributed by atoms with Crippen LogP contribution in [0.15, 0.2) is 30.7 Å². The lowest BCUT2D eigenvalue weighted by Crippen LogP contribution is -2.27. The minimum absolute atomic E-state index is 0.0836. The van der Waals surface area contributed by atoms with Crippen molar-refractivity contribution in [1.29, 1.82) is 0 Å². The molecule has 0 saturated carbocycles. The van der Waals surface area contributed by atoms with Gasteiger partial charge >= 0.3 is 5.97 Å². The number of imidazole rings is 1.